The summed E-state index contributed by atoms with van der Waals surface area (Å²) in [5.41, 5.74) is 1.75. The Labute approximate surface area is 179 Å². The van der Waals surface area contributed by atoms with Crippen molar-refractivity contribution in [3.05, 3.63) is 47.1 Å². The predicted octanol–water partition coefficient (Wildman–Crippen LogP) is 4.53. The minimum absolute atomic E-state index is 0.108. The number of nitrogens with one attached hydrogen (secondary N) is 1. The van der Waals surface area contributed by atoms with Crippen LogP contribution in [0, 0.1) is 5.92 Å². The molecule has 2 heterocycles. The van der Waals surface area contributed by atoms with Gasteiger partial charge in [-0.3, -0.25) is 4.79 Å². The number of benzene rings is 1. The van der Waals surface area contributed by atoms with Crippen LogP contribution < -0.4 is 10.1 Å². The van der Waals surface area contributed by atoms with Crippen LogP contribution in [0.1, 0.15) is 63.0 Å². The van der Waals surface area contributed by atoms with E-state index in [1.807, 2.05) is 50.4 Å². The lowest BCUT2D eigenvalue weighted by atomic mass is 10.0. The van der Waals surface area contributed by atoms with Gasteiger partial charge in [0.15, 0.2) is 5.82 Å². The molecule has 1 fully saturated rings. The molecule has 0 radical (unpaired) electrons. The Hall–Kier alpha value is -2.74. The maximum absolute atomic E-state index is 12.7. The van der Waals surface area contributed by atoms with Crippen LogP contribution >= 0.6 is 11.3 Å². The van der Waals surface area contributed by atoms with E-state index >= 15 is 0 Å². The number of amides is 1. The zero-order valence-corrected chi connectivity index (χ0v) is 18.2. The molecular formula is C22H26N4O3S. The molecule has 7 nitrogen and oxygen atoms in total. The fourth-order valence-corrected chi connectivity index (χ4v) is 3.99. The normalized spacial score (nSPS) is 14.7. The van der Waals surface area contributed by atoms with Crippen molar-refractivity contribution in [2.45, 2.75) is 52.0 Å². The van der Waals surface area contributed by atoms with E-state index in [1.54, 1.807) is 0 Å². The number of rotatable bonds is 9. The number of carbonyl (C=O) groups is 1. The molecule has 1 aromatic carbocycles. The Morgan fingerprint density at radius 2 is 2.03 bits per heavy atom. The zero-order valence-electron chi connectivity index (χ0n) is 17.4. The van der Waals surface area contributed by atoms with Crippen molar-refractivity contribution >= 4 is 17.2 Å². The number of thiazole rings is 1. The maximum Gasteiger partial charge on any atom is 0.249 e. The van der Waals surface area contributed by atoms with Crippen molar-refractivity contribution < 1.29 is 14.1 Å². The summed E-state index contributed by atoms with van der Waals surface area (Å²) in [5.74, 6) is 2.52. The predicted molar refractivity (Wildman–Crippen MR) is 114 cm³/mol. The average molecular weight is 427 g/mol. The minimum atomic E-state index is -0.304. The second-order valence-electron chi connectivity index (χ2n) is 7.83. The Morgan fingerprint density at radius 1 is 1.27 bits per heavy atom. The summed E-state index contributed by atoms with van der Waals surface area (Å²) < 4.78 is 10.9. The lowest BCUT2D eigenvalue weighted by Crippen LogP contribution is -2.33. The lowest BCUT2D eigenvalue weighted by Gasteiger charge is -2.18. The second-order valence-corrected chi connectivity index (χ2v) is 8.69. The number of aromatic nitrogens is 3. The third kappa shape index (κ3) is 4.87. The first-order chi connectivity index (χ1) is 14.5. The first kappa shape index (κ1) is 20.5. The van der Waals surface area contributed by atoms with Gasteiger partial charge >= 0.3 is 0 Å². The second kappa shape index (κ2) is 8.95. The maximum atomic E-state index is 12.7. The Kier molecular flexibility index (Phi) is 6.13. The van der Waals surface area contributed by atoms with Gasteiger partial charge in [0.05, 0.1) is 18.7 Å². The number of nitrogens with zero attached hydrogens (tertiary/aromatic N) is 3. The van der Waals surface area contributed by atoms with Crippen molar-refractivity contribution in [1.82, 2.24) is 20.4 Å². The molecule has 1 amide bonds. The van der Waals surface area contributed by atoms with Crippen molar-refractivity contribution in [3.63, 3.8) is 0 Å². The van der Waals surface area contributed by atoms with Crippen LogP contribution in [0.15, 0.2) is 34.2 Å². The highest BCUT2D eigenvalue weighted by Crippen LogP contribution is 2.38. The molecule has 1 unspecified atom stereocenters. The molecule has 30 heavy (non-hydrogen) atoms. The molecule has 4 rings (SSSR count). The third-order valence-electron chi connectivity index (χ3n) is 4.95. The number of hydrogen-bond acceptors (Lipinski definition) is 7. The molecule has 1 aliphatic rings. The molecular weight excluding hydrogens is 400 g/mol. The topological polar surface area (TPSA) is 90.1 Å². The third-order valence-corrected chi connectivity index (χ3v) is 5.90. The monoisotopic (exact) mass is 426 g/mol. The average Bonchev–Trinajstić information content (AvgIpc) is 3.28. The van der Waals surface area contributed by atoms with E-state index in [0.717, 1.165) is 40.7 Å². The van der Waals surface area contributed by atoms with Gasteiger partial charge in [0.1, 0.15) is 16.8 Å². The van der Waals surface area contributed by atoms with E-state index in [0.29, 0.717) is 18.4 Å². The van der Waals surface area contributed by atoms with E-state index in [2.05, 4.69) is 20.4 Å². The summed E-state index contributed by atoms with van der Waals surface area (Å²) in [7, 11) is 0. The van der Waals surface area contributed by atoms with Crippen molar-refractivity contribution in [1.29, 1.82) is 0 Å². The van der Waals surface area contributed by atoms with Gasteiger partial charge in [-0.2, -0.15) is 4.98 Å². The molecule has 2 aromatic heterocycles. The van der Waals surface area contributed by atoms with Crippen LogP contribution in [-0.4, -0.2) is 27.6 Å². The largest absolute Gasteiger partial charge is 0.494 e. The van der Waals surface area contributed by atoms with Gasteiger partial charge in [-0.1, -0.05) is 19.0 Å². The standard InChI is InChI=1S/C22H26N4O3S/c1-4-28-17-9-7-15(8-10-17)22-23-16(12-30-22)11-18(27)24-19(13(2)3)21-25-20(26-29-21)14-5-6-14/h7-10,12-14,19H,4-6,11H2,1-3H3,(H,24,27). The molecule has 0 saturated heterocycles. The summed E-state index contributed by atoms with van der Waals surface area (Å²) in [6, 6.07) is 7.52. The van der Waals surface area contributed by atoms with Gasteiger partial charge in [-0.15, -0.1) is 11.3 Å². The van der Waals surface area contributed by atoms with Crippen LogP contribution in [-0.2, 0) is 11.2 Å². The lowest BCUT2D eigenvalue weighted by molar-refractivity contribution is -0.121. The summed E-state index contributed by atoms with van der Waals surface area (Å²) in [4.78, 5) is 21.8. The van der Waals surface area contributed by atoms with E-state index in [4.69, 9.17) is 9.26 Å². The van der Waals surface area contributed by atoms with Crippen LogP contribution in [0.3, 0.4) is 0 Å². The number of hydrogen-bond donors (Lipinski definition) is 1. The van der Waals surface area contributed by atoms with Crippen LogP contribution in [0.5, 0.6) is 5.75 Å². The minimum Gasteiger partial charge on any atom is -0.494 e. The fraction of sp³-hybridized carbons (Fsp3) is 0.455. The summed E-state index contributed by atoms with van der Waals surface area (Å²) in [6.07, 6.45) is 2.43. The fourth-order valence-electron chi connectivity index (χ4n) is 3.16. The molecule has 0 spiro atoms. The Balaban J connectivity index is 1.39. The smallest absolute Gasteiger partial charge is 0.249 e. The number of ether oxygens (including phenoxy) is 1. The van der Waals surface area contributed by atoms with Crippen molar-refractivity contribution in [2.24, 2.45) is 5.92 Å². The quantitative estimate of drug-likeness (QED) is 0.541. The molecule has 1 atom stereocenters. The highest BCUT2D eigenvalue weighted by Gasteiger charge is 2.31. The molecule has 1 saturated carbocycles. The molecule has 0 aliphatic heterocycles. The zero-order chi connectivity index (χ0) is 21.1. The first-order valence-electron chi connectivity index (χ1n) is 10.3. The summed E-state index contributed by atoms with van der Waals surface area (Å²) in [6.45, 7) is 6.65. The van der Waals surface area contributed by atoms with E-state index in [9.17, 15) is 4.79 Å². The van der Waals surface area contributed by atoms with Crippen molar-refractivity contribution in [3.8, 4) is 16.3 Å². The highest BCUT2D eigenvalue weighted by atomic mass is 32.1. The summed E-state index contributed by atoms with van der Waals surface area (Å²) in [5, 5.41) is 9.91. The van der Waals surface area contributed by atoms with Crippen LogP contribution in [0.4, 0.5) is 0 Å². The van der Waals surface area contributed by atoms with E-state index in [-0.39, 0.29) is 24.3 Å². The molecule has 3 aromatic rings. The number of carbonyl (C=O) groups excluding carboxylic acids is 1. The van der Waals surface area contributed by atoms with Gasteiger partial charge in [0.2, 0.25) is 11.8 Å². The van der Waals surface area contributed by atoms with Gasteiger partial charge in [-0.25, -0.2) is 4.98 Å². The molecule has 1 aliphatic carbocycles. The highest BCUT2D eigenvalue weighted by molar-refractivity contribution is 7.13. The van der Waals surface area contributed by atoms with Crippen LogP contribution in [0.25, 0.3) is 10.6 Å². The molecule has 1 N–H and O–H groups in total. The van der Waals surface area contributed by atoms with E-state index < -0.39 is 0 Å². The molecule has 8 heteroatoms. The SMILES string of the molecule is CCOc1ccc(-c2nc(CC(=O)NC(c3nc(C4CC4)no3)C(C)C)cs2)cc1. The van der Waals surface area contributed by atoms with Crippen molar-refractivity contribution in [2.75, 3.05) is 6.61 Å². The van der Waals surface area contributed by atoms with E-state index in [1.165, 1.54) is 11.3 Å². The Morgan fingerprint density at radius 3 is 2.70 bits per heavy atom. The molecule has 158 valence electrons. The van der Waals surface area contributed by atoms with Gasteiger partial charge < -0.3 is 14.6 Å². The first-order valence-corrected chi connectivity index (χ1v) is 11.2. The molecule has 0 bridgehead atoms. The van der Waals surface area contributed by atoms with Crippen LogP contribution in [0.2, 0.25) is 0 Å². The Bertz CT molecular complexity index is 992. The summed E-state index contributed by atoms with van der Waals surface area (Å²) >= 11 is 1.53. The van der Waals surface area contributed by atoms with Gasteiger partial charge in [0, 0.05) is 16.9 Å². The van der Waals surface area contributed by atoms with Gasteiger partial charge in [-0.05, 0) is 49.9 Å². The van der Waals surface area contributed by atoms with Gasteiger partial charge in [0.25, 0.3) is 0 Å².